The number of hydrogen-bond acceptors (Lipinski definition) is 6. The van der Waals surface area contributed by atoms with Gasteiger partial charge in [0.25, 0.3) is 0 Å². The average Bonchev–Trinajstić information content (AvgIpc) is 3.67. The van der Waals surface area contributed by atoms with E-state index in [0.29, 0.717) is 12.5 Å². The van der Waals surface area contributed by atoms with E-state index in [1.54, 1.807) is 0 Å². The van der Waals surface area contributed by atoms with Gasteiger partial charge in [-0.3, -0.25) is 4.99 Å². The third kappa shape index (κ3) is 5.62. The number of aliphatic imine (C=N–C) groups is 1. The number of allylic oxidation sites excluding steroid dienone is 1. The highest BCUT2D eigenvalue weighted by Gasteiger charge is 2.40. The van der Waals surface area contributed by atoms with Crippen molar-refractivity contribution in [2.24, 2.45) is 4.99 Å². The van der Waals surface area contributed by atoms with E-state index in [-0.39, 0.29) is 11.7 Å². The number of ether oxygens (including phenoxy) is 1. The minimum Gasteiger partial charge on any atom is -0.366 e. The molecule has 0 saturated heterocycles. The molecule has 6 nitrogen and oxygen atoms in total. The molecule has 1 aliphatic heterocycles. The van der Waals surface area contributed by atoms with Crippen LogP contribution in [0.2, 0.25) is 0 Å². The number of pyridine rings is 1. The third-order valence-corrected chi connectivity index (χ3v) is 7.62. The minimum absolute atomic E-state index is 0.0724. The van der Waals surface area contributed by atoms with Gasteiger partial charge in [0.05, 0.1) is 22.9 Å². The number of fused-ring (bicyclic) bond motifs is 1. The Kier molecular flexibility index (Phi) is 6.73. The maximum Gasteiger partial charge on any atom is 0.223 e. The Bertz CT molecular complexity index is 1580. The molecular formula is C33H35N5O. The van der Waals surface area contributed by atoms with Gasteiger partial charge in [-0.1, -0.05) is 54.1 Å². The molecular weight excluding hydrogens is 482 g/mol. The first-order valence-corrected chi connectivity index (χ1v) is 13.9. The number of nitrogens with zero attached hydrogens (tertiary/aromatic N) is 4. The normalized spacial score (nSPS) is 16.9. The summed E-state index contributed by atoms with van der Waals surface area (Å²) in [5.74, 6) is 0.584. The van der Waals surface area contributed by atoms with E-state index >= 15 is 0 Å². The quantitative estimate of drug-likeness (QED) is 0.262. The Labute approximate surface area is 230 Å². The Hall–Kier alpha value is -3.90. The highest BCUT2D eigenvalue weighted by molar-refractivity contribution is 6.23. The molecule has 3 heterocycles. The summed E-state index contributed by atoms with van der Waals surface area (Å²) in [5.41, 5.74) is 10.3. The Balaban J connectivity index is 1.28. The molecule has 1 atom stereocenters. The fourth-order valence-corrected chi connectivity index (χ4v) is 5.12. The van der Waals surface area contributed by atoms with Crippen molar-refractivity contribution in [3.8, 4) is 11.3 Å². The van der Waals surface area contributed by atoms with Crippen molar-refractivity contribution in [3.05, 3.63) is 89.1 Å². The second-order valence-electron chi connectivity index (χ2n) is 11.0. The third-order valence-electron chi connectivity index (χ3n) is 7.62. The van der Waals surface area contributed by atoms with Crippen LogP contribution in [0.15, 0.2) is 71.7 Å². The van der Waals surface area contributed by atoms with Crippen molar-refractivity contribution in [3.63, 3.8) is 0 Å². The van der Waals surface area contributed by atoms with Crippen molar-refractivity contribution < 1.29 is 4.74 Å². The lowest BCUT2D eigenvalue weighted by atomic mass is 9.98. The van der Waals surface area contributed by atoms with Gasteiger partial charge in [0.2, 0.25) is 5.95 Å². The van der Waals surface area contributed by atoms with E-state index < -0.39 is 0 Å². The number of anilines is 1. The SMILES string of the molecule is CC1=NCCC=C1c1ccc(CNc2nc([C@H](C)OC3(C)CC3)c3nc(-c4cccc(C)c4)ccc3n2)cc1. The van der Waals surface area contributed by atoms with Crippen LogP contribution in [0.1, 0.15) is 68.5 Å². The monoisotopic (exact) mass is 517 g/mol. The maximum absolute atomic E-state index is 6.43. The van der Waals surface area contributed by atoms with Crippen LogP contribution in [-0.2, 0) is 11.3 Å². The van der Waals surface area contributed by atoms with Gasteiger partial charge in [-0.15, -0.1) is 0 Å². The summed E-state index contributed by atoms with van der Waals surface area (Å²) in [6.07, 6.45) is 5.23. The van der Waals surface area contributed by atoms with Gasteiger partial charge in [0.15, 0.2) is 0 Å². The van der Waals surface area contributed by atoms with Crippen LogP contribution in [0, 0.1) is 6.92 Å². The molecule has 2 aromatic heterocycles. The summed E-state index contributed by atoms with van der Waals surface area (Å²) in [4.78, 5) is 19.4. The summed E-state index contributed by atoms with van der Waals surface area (Å²) in [7, 11) is 0. The van der Waals surface area contributed by atoms with E-state index in [1.807, 2.05) is 12.1 Å². The number of benzene rings is 2. The van der Waals surface area contributed by atoms with E-state index in [0.717, 1.165) is 65.1 Å². The van der Waals surface area contributed by atoms with Crippen LogP contribution in [0.25, 0.3) is 27.9 Å². The first-order valence-electron chi connectivity index (χ1n) is 13.9. The molecule has 2 aliphatic rings. The minimum atomic E-state index is -0.197. The molecule has 0 bridgehead atoms. The molecule has 198 valence electrons. The van der Waals surface area contributed by atoms with Gasteiger partial charge in [-0.05, 0) is 81.9 Å². The lowest BCUT2D eigenvalue weighted by Gasteiger charge is -2.20. The molecule has 0 amide bonds. The molecule has 1 N–H and O–H groups in total. The van der Waals surface area contributed by atoms with Crippen LogP contribution >= 0.6 is 0 Å². The lowest BCUT2D eigenvalue weighted by Crippen LogP contribution is -2.15. The Morgan fingerprint density at radius 3 is 2.51 bits per heavy atom. The van der Waals surface area contributed by atoms with Crippen molar-refractivity contribution in [2.75, 3.05) is 11.9 Å². The molecule has 0 radical (unpaired) electrons. The molecule has 6 heteroatoms. The lowest BCUT2D eigenvalue weighted by molar-refractivity contribution is -0.0121. The first kappa shape index (κ1) is 25.4. The summed E-state index contributed by atoms with van der Waals surface area (Å²) in [5, 5.41) is 3.44. The largest absolute Gasteiger partial charge is 0.366 e. The molecule has 1 aliphatic carbocycles. The predicted molar refractivity (Wildman–Crippen MR) is 159 cm³/mol. The smallest absolute Gasteiger partial charge is 0.223 e. The van der Waals surface area contributed by atoms with E-state index in [4.69, 9.17) is 19.7 Å². The number of aromatic nitrogens is 3. The zero-order chi connectivity index (χ0) is 27.0. The van der Waals surface area contributed by atoms with Gasteiger partial charge in [-0.25, -0.2) is 15.0 Å². The second-order valence-corrected chi connectivity index (χ2v) is 11.0. The standard InChI is InChI=1S/C33H35N5O/c1-21-7-5-8-26(19-21)28-14-15-29-31(36-28)30(23(3)39-33(4)16-17-33)38-32(37-29)35-20-24-10-12-25(13-11-24)27-9-6-18-34-22(27)2/h5,7-15,19,23H,6,16-18,20H2,1-4H3,(H,35,37,38)/t23-/m0/s1. The molecule has 1 fully saturated rings. The van der Waals surface area contributed by atoms with Crippen molar-refractivity contribution >= 4 is 28.3 Å². The predicted octanol–water partition coefficient (Wildman–Crippen LogP) is 7.49. The Morgan fingerprint density at radius 1 is 0.949 bits per heavy atom. The van der Waals surface area contributed by atoms with Crippen molar-refractivity contribution in [1.82, 2.24) is 15.0 Å². The van der Waals surface area contributed by atoms with Gasteiger partial charge >= 0.3 is 0 Å². The zero-order valence-corrected chi connectivity index (χ0v) is 23.2. The van der Waals surface area contributed by atoms with Gasteiger partial charge < -0.3 is 10.1 Å². The number of nitrogens with one attached hydrogen (secondary N) is 1. The van der Waals surface area contributed by atoms with Crippen LogP contribution in [-0.4, -0.2) is 32.8 Å². The molecule has 2 aromatic carbocycles. The van der Waals surface area contributed by atoms with E-state index in [1.165, 1.54) is 16.7 Å². The van der Waals surface area contributed by atoms with Crippen LogP contribution in [0.5, 0.6) is 0 Å². The Morgan fingerprint density at radius 2 is 1.77 bits per heavy atom. The first-order chi connectivity index (χ1) is 18.9. The van der Waals surface area contributed by atoms with E-state index in [9.17, 15) is 0 Å². The zero-order valence-electron chi connectivity index (χ0n) is 23.2. The topological polar surface area (TPSA) is 72.3 Å². The molecule has 4 aromatic rings. The van der Waals surface area contributed by atoms with Crippen LogP contribution in [0.4, 0.5) is 5.95 Å². The summed E-state index contributed by atoms with van der Waals surface area (Å²) < 4.78 is 6.43. The second kappa shape index (κ2) is 10.3. The number of rotatable bonds is 8. The van der Waals surface area contributed by atoms with Crippen LogP contribution < -0.4 is 5.32 Å². The number of aryl methyl sites for hydroxylation is 1. The average molecular weight is 518 g/mol. The highest BCUT2D eigenvalue weighted by atomic mass is 16.5. The molecule has 0 spiro atoms. The fraction of sp³-hybridized carbons (Fsp3) is 0.333. The molecule has 39 heavy (non-hydrogen) atoms. The van der Waals surface area contributed by atoms with Crippen molar-refractivity contribution in [2.45, 2.75) is 65.2 Å². The van der Waals surface area contributed by atoms with Gasteiger partial charge in [-0.2, -0.15) is 0 Å². The van der Waals surface area contributed by atoms with E-state index in [2.05, 4.69) is 92.6 Å². The number of hydrogen-bond donors (Lipinski definition) is 1. The molecule has 6 rings (SSSR count). The number of dihydropyridines is 1. The molecule has 0 unspecified atom stereocenters. The van der Waals surface area contributed by atoms with Crippen molar-refractivity contribution in [1.29, 1.82) is 0 Å². The van der Waals surface area contributed by atoms with Crippen LogP contribution in [0.3, 0.4) is 0 Å². The fourth-order valence-electron chi connectivity index (χ4n) is 5.12. The summed E-state index contributed by atoms with van der Waals surface area (Å²) in [6, 6.07) is 21.1. The highest BCUT2D eigenvalue weighted by Crippen LogP contribution is 2.43. The van der Waals surface area contributed by atoms with Gasteiger partial charge in [0.1, 0.15) is 11.2 Å². The maximum atomic E-state index is 6.43. The summed E-state index contributed by atoms with van der Waals surface area (Å²) in [6.45, 7) is 9.93. The van der Waals surface area contributed by atoms with Gasteiger partial charge in [0, 0.05) is 24.4 Å². The molecule has 1 saturated carbocycles. The summed E-state index contributed by atoms with van der Waals surface area (Å²) >= 11 is 0.